The number of methoxy groups -OCH3 is 1. The fraction of sp³-hybridized carbons (Fsp3) is 0.375. The van der Waals surface area contributed by atoms with E-state index in [-0.39, 0.29) is 11.6 Å². The van der Waals surface area contributed by atoms with E-state index in [0.717, 1.165) is 73.6 Å². The van der Waals surface area contributed by atoms with Gasteiger partial charge in [-0.15, -0.1) is 0 Å². The predicted molar refractivity (Wildman–Crippen MR) is 118 cm³/mol. The Morgan fingerprint density at radius 2 is 1.77 bits per heavy atom. The molecule has 0 N–H and O–H groups in total. The minimum Gasteiger partial charge on any atom is -0.495 e. The molecule has 0 amide bonds. The number of piperazine rings is 1. The highest BCUT2D eigenvalue weighted by atomic mass is 19.1. The second-order valence-corrected chi connectivity index (χ2v) is 7.81. The predicted octanol–water partition coefficient (Wildman–Crippen LogP) is 4.20. The molecule has 0 bridgehead atoms. The van der Waals surface area contributed by atoms with E-state index in [9.17, 15) is 9.18 Å². The minimum absolute atomic E-state index is 0.0731. The summed E-state index contributed by atoms with van der Waals surface area (Å²) in [6, 6.07) is 12.6. The fourth-order valence-electron chi connectivity index (χ4n) is 4.29. The van der Waals surface area contributed by atoms with E-state index in [1.54, 1.807) is 14.0 Å². The Balaban J connectivity index is 1.36. The van der Waals surface area contributed by atoms with Crippen molar-refractivity contribution in [1.29, 1.82) is 0 Å². The summed E-state index contributed by atoms with van der Waals surface area (Å²) in [7, 11) is 1.67. The number of rotatable bonds is 7. The van der Waals surface area contributed by atoms with Crippen LogP contribution in [0.1, 0.15) is 23.7 Å². The Kier molecular flexibility index (Phi) is 6.04. The van der Waals surface area contributed by atoms with Crippen molar-refractivity contribution < 1.29 is 13.9 Å². The smallest absolute Gasteiger partial charge is 0.161 e. The monoisotopic (exact) mass is 409 g/mol. The number of fused-ring (bicyclic) bond motifs is 1. The summed E-state index contributed by atoms with van der Waals surface area (Å²) in [4.78, 5) is 16.8. The van der Waals surface area contributed by atoms with Crippen molar-refractivity contribution in [2.45, 2.75) is 19.9 Å². The number of nitrogens with zero attached hydrogens (tertiary/aromatic N) is 3. The van der Waals surface area contributed by atoms with Crippen molar-refractivity contribution in [3.05, 3.63) is 60.0 Å². The molecule has 0 spiro atoms. The Morgan fingerprint density at radius 3 is 2.43 bits per heavy atom. The number of ether oxygens (including phenoxy) is 1. The molecular weight excluding hydrogens is 381 g/mol. The van der Waals surface area contributed by atoms with Gasteiger partial charge in [-0.2, -0.15) is 0 Å². The van der Waals surface area contributed by atoms with Gasteiger partial charge in [-0.3, -0.25) is 9.69 Å². The van der Waals surface area contributed by atoms with Crippen LogP contribution < -0.4 is 9.64 Å². The molecule has 1 saturated heterocycles. The van der Waals surface area contributed by atoms with Gasteiger partial charge in [-0.25, -0.2) is 4.39 Å². The lowest BCUT2D eigenvalue weighted by Crippen LogP contribution is -2.46. The van der Waals surface area contributed by atoms with E-state index in [1.165, 1.54) is 12.1 Å². The number of anilines is 1. The third-order valence-electron chi connectivity index (χ3n) is 5.90. The van der Waals surface area contributed by atoms with Crippen molar-refractivity contribution >= 4 is 22.4 Å². The molecule has 0 radical (unpaired) electrons. The van der Waals surface area contributed by atoms with Crippen molar-refractivity contribution in [1.82, 2.24) is 9.47 Å². The molecule has 1 aliphatic heterocycles. The fourth-order valence-corrected chi connectivity index (χ4v) is 4.29. The van der Waals surface area contributed by atoms with E-state index >= 15 is 0 Å². The number of ketones is 1. The van der Waals surface area contributed by atoms with E-state index < -0.39 is 0 Å². The third kappa shape index (κ3) is 4.19. The first kappa shape index (κ1) is 20.4. The van der Waals surface area contributed by atoms with E-state index in [2.05, 4.69) is 14.4 Å². The van der Waals surface area contributed by atoms with Crippen LogP contribution in [0, 0.1) is 5.82 Å². The summed E-state index contributed by atoms with van der Waals surface area (Å²) in [6.45, 7) is 7.32. The molecule has 5 nitrogen and oxygen atoms in total. The number of aromatic nitrogens is 1. The van der Waals surface area contributed by atoms with Gasteiger partial charge in [-0.1, -0.05) is 12.1 Å². The molecule has 1 aliphatic rings. The zero-order valence-electron chi connectivity index (χ0n) is 17.6. The summed E-state index contributed by atoms with van der Waals surface area (Å²) in [5.74, 6) is 0.677. The first-order valence-corrected chi connectivity index (χ1v) is 10.5. The maximum Gasteiger partial charge on any atom is 0.161 e. The van der Waals surface area contributed by atoms with Crippen LogP contribution in [-0.4, -0.2) is 55.1 Å². The highest BCUT2D eigenvalue weighted by molar-refractivity contribution is 6.08. The minimum atomic E-state index is -0.195. The Morgan fingerprint density at radius 1 is 1.03 bits per heavy atom. The molecule has 1 fully saturated rings. The Labute approximate surface area is 176 Å². The molecule has 6 heteroatoms. The van der Waals surface area contributed by atoms with Crippen molar-refractivity contribution in [3.63, 3.8) is 0 Å². The average molecular weight is 410 g/mol. The first-order chi connectivity index (χ1) is 14.6. The summed E-state index contributed by atoms with van der Waals surface area (Å²) >= 11 is 0. The highest BCUT2D eigenvalue weighted by Crippen LogP contribution is 2.30. The Hall–Kier alpha value is -2.86. The standard InChI is InChI=1S/C24H28FN3O2/c1-18(29)22-17-28(24-21(22)5-3-6-23(24)30-2)12-4-11-26-13-15-27(16-14-26)20-9-7-19(25)8-10-20/h3,5-10,17H,4,11-16H2,1-2H3. The SMILES string of the molecule is COc1cccc2c(C(C)=O)cn(CCCN3CCN(c4ccc(F)cc4)CC3)c12. The summed E-state index contributed by atoms with van der Waals surface area (Å²) < 4.78 is 20.8. The van der Waals surface area contributed by atoms with Crippen LogP contribution in [-0.2, 0) is 6.54 Å². The van der Waals surface area contributed by atoms with Gasteiger partial charge in [-0.05, 0) is 50.2 Å². The van der Waals surface area contributed by atoms with Gasteiger partial charge in [0.1, 0.15) is 11.6 Å². The molecular formula is C24H28FN3O2. The second-order valence-electron chi connectivity index (χ2n) is 7.81. The lowest BCUT2D eigenvalue weighted by Gasteiger charge is -2.36. The van der Waals surface area contributed by atoms with E-state index in [0.29, 0.717) is 0 Å². The summed E-state index contributed by atoms with van der Waals surface area (Å²) in [5.41, 5.74) is 2.82. The zero-order valence-corrected chi connectivity index (χ0v) is 17.6. The number of carbonyl (C=O) groups is 1. The lowest BCUT2D eigenvalue weighted by molar-refractivity contribution is 0.101. The van der Waals surface area contributed by atoms with Crippen LogP contribution >= 0.6 is 0 Å². The van der Waals surface area contributed by atoms with Gasteiger partial charge < -0.3 is 14.2 Å². The van der Waals surface area contributed by atoms with E-state index in [4.69, 9.17) is 4.74 Å². The van der Waals surface area contributed by atoms with Crippen LogP contribution in [0.5, 0.6) is 5.75 Å². The number of hydrogen-bond donors (Lipinski definition) is 0. The maximum absolute atomic E-state index is 13.1. The molecule has 2 heterocycles. The summed E-state index contributed by atoms with van der Waals surface area (Å²) in [5, 5.41) is 0.953. The second kappa shape index (κ2) is 8.88. The van der Waals surface area contributed by atoms with Crippen LogP contribution in [0.4, 0.5) is 10.1 Å². The average Bonchev–Trinajstić information content (AvgIpc) is 3.14. The molecule has 0 atom stereocenters. The quantitative estimate of drug-likeness (QED) is 0.548. The van der Waals surface area contributed by atoms with Crippen molar-refractivity contribution in [2.24, 2.45) is 0 Å². The van der Waals surface area contributed by atoms with Gasteiger partial charge in [0, 0.05) is 55.6 Å². The maximum atomic E-state index is 13.1. The molecule has 4 rings (SSSR count). The number of hydrogen-bond acceptors (Lipinski definition) is 4. The van der Waals surface area contributed by atoms with Crippen LogP contribution in [0.3, 0.4) is 0 Å². The van der Waals surface area contributed by atoms with Crippen LogP contribution in [0.15, 0.2) is 48.7 Å². The number of benzene rings is 2. The van der Waals surface area contributed by atoms with Gasteiger partial charge in [0.15, 0.2) is 5.78 Å². The third-order valence-corrected chi connectivity index (χ3v) is 5.90. The van der Waals surface area contributed by atoms with Gasteiger partial charge in [0.2, 0.25) is 0 Å². The van der Waals surface area contributed by atoms with Crippen LogP contribution in [0.2, 0.25) is 0 Å². The Bertz CT molecular complexity index is 1020. The number of aryl methyl sites for hydroxylation is 1. The zero-order chi connectivity index (χ0) is 21.1. The highest BCUT2D eigenvalue weighted by Gasteiger charge is 2.18. The molecule has 0 saturated carbocycles. The van der Waals surface area contributed by atoms with Crippen LogP contribution in [0.25, 0.3) is 10.9 Å². The molecule has 0 aliphatic carbocycles. The molecule has 1 aromatic heterocycles. The molecule has 0 unspecified atom stereocenters. The molecule has 2 aromatic carbocycles. The molecule has 30 heavy (non-hydrogen) atoms. The lowest BCUT2D eigenvalue weighted by atomic mass is 10.1. The summed E-state index contributed by atoms with van der Waals surface area (Å²) in [6.07, 6.45) is 2.96. The van der Waals surface area contributed by atoms with Crippen molar-refractivity contribution in [3.8, 4) is 5.75 Å². The van der Waals surface area contributed by atoms with E-state index in [1.807, 2.05) is 36.5 Å². The molecule has 158 valence electrons. The largest absolute Gasteiger partial charge is 0.495 e. The normalized spacial score (nSPS) is 15.0. The van der Waals surface area contributed by atoms with Gasteiger partial charge in [0.05, 0.1) is 12.6 Å². The topological polar surface area (TPSA) is 37.7 Å². The number of halogens is 1. The molecule has 3 aromatic rings. The van der Waals surface area contributed by atoms with Crippen molar-refractivity contribution in [2.75, 3.05) is 44.7 Å². The van der Waals surface area contributed by atoms with Gasteiger partial charge in [0.25, 0.3) is 0 Å². The number of para-hydroxylation sites is 1. The van der Waals surface area contributed by atoms with Gasteiger partial charge >= 0.3 is 0 Å². The number of Topliss-reactive ketones (excluding diaryl/α,β-unsaturated/α-hetero) is 1. The number of carbonyl (C=O) groups excluding carboxylic acids is 1. The first-order valence-electron chi connectivity index (χ1n) is 10.5.